The van der Waals surface area contributed by atoms with Crippen molar-refractivity contribution in [2.24, 2.45) is 0 Å². The van der Waals surface area contributed by atoms with Crippen LogP contribution in [0.2, 0.25) is 0 Å². The molecule has 0 aromatic heterocycles. The van der Waals surface area contributed by atoms with Crippen molar-refractivity contribution in [3.8, 4) is 0 Å². The van der Waals surface area contributed by atoms with Crippen molar-refractivity contribution >= 4 is 11.9 Å². The minimum absolute atomic E-state index is 0.0170. The summed E-state index contributed by atoms with van der Waals surface area (Å²) in [6.45, 7) is 3.98. The number of rotatable bonds is 8. The number of nitrogens with zero attached hydrogens (tertiary/aromatic N) is 3. The first-order valence-corrected chi connectivity index (χ1v) is 12.5. The van der Waals surface area contributed by atoms with Gasteiger partial charge in [0.05, 0.1) is 17.7 Å². The van der Waals surface area contributed by atoms with Gasteiger partial charge in [0.15, 0.2) is 0 Å². The summed E-state index contributed by atoms with van der Waals surface area (Å²) < 4.78 is 0. The molecule has 1 heterocycles. The molecule has 1 aliphatic heterocycles. The number of carbonyl (C=O) groups excluding carboxylic acids is 2. The molecule has 3 fully saturated rings. The maximum atomic E-state index is 13.5. The van der Waals surface area contributed by atoms with Crippen molar-refractivity contribution in [3.63, 3.8) is 0 Å². The van der Waals surface area contributed by atoms with Crippen LogP contribution in [0.5, 0.6) is 0 Å². The predicted octanol–water partition coefficient (Wildman–Crippen LogP) is 2.94. The maximum Gasteiger partial charge on any atom is 0.320 e. The molecule has 3 amide bonds. The van der Waals surface area contributed by atoms with Crippen LogP contribution >= 0.6 is 0 Å². The first kappa shape index (κ1) is 24.0. The van der Waals surface area contributed by atoms with E-state index in [0.717, 1.165) is 44.9 Å². The topological polar surface area (TPSA) is 76.1 Å². The van der Waals surface area contributed by atoms with Gasteiger partial charge >= 0.3 is 6.03 Å². The van der Waals surface area contributed by atoms with E-state index in [1.54, 1.807) is 0 Å². The summed E-state index contributed by atoms with van der Waals surface area (Å²) in [5.41, 5.74) is 0.237. The Hall–Kier alpha value is -2.12. The lowest BCUT2D eigenvalue weighted by atomic mass is 9.67. The summed E-state index contributed by atoms with van der Waals surface area (Å²) in [7, 11) is 4.30. The molecule has 0 unspecified atom stereocenters. The Kier molecular flexibility index (Phi) is 6.74. The summed E-state index contributed by atoms with van der Waals surface area (Å²) in [5, 5.41) is 13.8. The minimum Gasteiger partial charge on any atom is -0.388 e. The fourth-order valence-electron chi connectivity index (χ4n) is 6.15. The van der Waals surface area contributed by atoms with Crippen molar-refractivity contribution in [3.05, 3.63) is 35.9 Å². The van der Waals surface area contributed by atoms with Crippen LogP contribution in [0.15, 0.2) is 30.3 Å². The Labute approximate surface area is 198 Å². The van der Waals surface area contributed by atoms with Gasteiger partial charge in [0.2, 0.25) is 5.91 Å². The molecule has 0 bridgehead atoms. The second kappa shape index (κ2) is 9.26. The molecule has 4 rings (SSSR count). The standard InChI is InChI=1S/C26H40N4O3/c1-4-27-22(31)11-18-29-19-24(30(23(29)32)20-25(33)12-8-13-25)14-16-26(17-15-24,28(2)3)21-9-6-5-7-10-21/h5-7,9-10,33H,4,8,11-20H2,1-3H3,(H,27,31). The van der Waals surface area contributed by atoms with E-state index in [1.807, 2.05) is 16.7 Å². The van der Waals surface area contributed by atoms with Gasteiger partial charge in [-0.3, -0.25) is 9.69 Å². The number of amides is 3. The van der Waals surface area contributed by atoms with Crippen LogP contribution in [0.1, 0.15) is 63.9 Å². The van der Waals surface area contributed by atoms with Gasteiger partial charge in [-0.25, -0.2) is 4.79 Å². The molecular weight excluding hydrogens is 416 g/mol. The number of aliphatic hydroxyl groups is 1. The van der Waals surface area contributed by atoms with E-state index in [1.165, 1.54) is 5.56 Å². The van der Waals surface area contributed by atoms with E-state index >= 15 is 0 Å². The molecule has 0 radical (unpaired) electrons. The molecule has 1 saturated heterocycles. The van der Waals surface area contributed by atoms with Gasteiger partial charge in [-0.05, 0) is 71.5 Å². The molecule has 7 heteroatoms. The summed E-state index contributed by atoms with van der Waals surface area (Å²) in [6.07, 6.45) is 6.55. The van der Waals surface area contributed by atoms with E-state index in [0.29, 0.717) is 32.6 Å². The van der Waals surface area contributed by atoms with Crippen LogP contribution in [-0.2, 0) is 10.3 Å². The molecule has 182 valence electrons. The van der Waals surface area contributed by atoms with E-state index < -0.39 is 5.60 Å². The van der Waals surface area contributed by atoms with E-state index in [2.05, 4.69) is 54.6 Å². The summed E-state index contributed by atoms with van der Waals surface area (Å²) >= 11 is 0. The monoisotopic (exact) mass is 456 g/mol. The van der Waals surface area contributed by atoms with Crippen LogP contribution in [0.3, 0.4) is 0 Å². The van der Waals surface area contributed by atoms with Crippen molar-refractivity contribution in [2.75, 3.05) is 40.3 Å². The number of hydrogen-bond donors (Lipinski definition) is 2. The molecule has 2 N–H and O–H groups in total. The fourth-order valence-corrected chi connectivity index (χ4v) is 6.15. The molecule has 1 spiro atoms. The number of carbonyl (C=O) groups is 2. The first-order chi connectivity index (χ1) is 15.7. The molecule has 0 atom stereocenters. The molecule has 7 nitrogen and oxygen atoms in total. The van der Waals surface area contributed by atoms with Crippen molar-refractivity contribution in [2.45, 2.75) is 75.0 Å². The average Bonchev–Trinajstić information content (AvgIpc) is 3.03. The SMILES string of the molecule is CCNC(=O)CCN1CC2(CCC(c3ccccc3)(N(C)C)CC2)N(CC2(O)CCC2)C1=O. The smallest absolute Gasteiger partial charge is 0.320 e. The Morgan fingerprint density at radius 1 is 1.09 bits per heavy atom. The molecule has 2 aliphatic carbocycles. The Morgan fingerprint density at radius 3 is 2.30 bits per heavy atom. The summed E-state index contributed by atoms with van der Waals surface area (Å²) in [5.74, 6) is -0.0187. The molecule has 33 heavy (non-hydrogen) atoms. The quantitative estimate of drug-likeness (QED) is 0.631. The van der Waals surface area contributed by atoms with Crippen LogP contribution in [-0.4, -0.2) is 83.2 Å². The largest absolute Gasteiger partial charge is 0.388 e. The van der Waals surface area contributed by atoms with Gasteiger partial charge in [0, 0.05) is 31.6 Å². The number of nitrogens with one attached hydrogen (secondary N) is 1. The normalized spacial score (nSPS) is 28.9. The van der Waals surface area contributed by atoms with Gasteiger partial charge in [-0.1, -0.05) is 30.3 Å². The second-order valence-corrected chi connectivity index (χ2v) is 10.6. The van der Waals surface area contributed by atoms with Gasteiger partial charge in [0.1, 0.15) is 0 Å². The zero-order chi connectivity index (χ0) is 23.7. The van der Waals surface area contributed by atoms with Crippen molar-refractivity contribution in [1.82, 2.24) is 20.0 Å². The van der Waals surface area contributed by atoms with Gasteiger partial charge < -0.3 is 20.2 Å². The highest BCUT2D eigenvalue weighted by atomic mass is 16.3. The third kappa shape index (κ3) is 4.50. The first-order valence-electron chi connectivity index (χ1n) is 12.5. The molecule has 3 aliphatic rings. The van der Waals surface area contributed by atoms with Crippen molar-refractivity contribution < 1.29 is 14.7 Å². The summed E-state index contributed by atoms with van der Waals surface area (Å²) in [4.78, 5) is 31.7. The van der Waals surface area contributed by atoms with Gasteiger partial charge in [-0.2, -0.15) is 0 Å². The highest BCUT2D eigenvalue weighted by Crippen LogP contribution is 2.50. The highest BCUT2D eigenvalue weighted by molar-refractivity contribution is 5.80. The van der Waals surface area contributed by atoms with E-state index in [-0.39, 0.29) is 23.0 Å². The van der Waals surface area contributed by atoms with Gasteiger partial charge in [0.25, 0.3) is 0 Å². The number of hydrogen-bond acceptors (Lipinski definition) is 4. The van der Waals surface area contributed by atoms with Crippen molar-refractivity contribution in [1.29, 1.82) is 0 Å². The van der Waals surface area contributed by atoms with Crippen LogP contribution < -0.4 is 5.32 Å². The Balaban J connectivity index is 1.55. The zero-order valence-corrected chi connectivity index (χ0v) is 20.5. The summed E-state index contributed by atoms with van der Waals surface area (Å²) in [6, 6.07) is 10.7. The molecular formula is C26H40N4O3. The van der Waals surface area contributed by atoms with Crippen LogP contribution in [0, 0.1) is 0 Å². The Morgan fingerprint density at radius 2 is 1.76 bits per heavy atom. The lowest BCUT2D eigenvalue weighted by molar-refractivity contribution is -0.121. The molecule has 1 aromatic rings. The Bertz CT molecular complexity index is 844. The number of benzene rings is 1. The lowest BCUT2D eigenvalue weighted by Crippen LogP contribution is -2.59. The lowest BCUT2D eigenvalue weighted by Gasteiger charge is -2.52. The molecule has 2 saturated carbocycles. The number of urea groups is 1. The predicted molar refractivity (Wildman–Crippen MR) is 129 cm³/mol. The average molecular weight is 457 g/mol. The van der Waals surface area contributed by atoms with Crippen LogP contribution in [0.4, 0.5) is 4.79 Å². The fraction of sp³-hybridized carbons (Fsp3) is 0.692. The third-order valence-electron chi connectivity index (χ3n) is 8.45. The molecule has 1 aromatic carbocycles. The second-order valence-electron chi connectivity index (χ2n) is 10.6. The van der Waals surface area contributed by atoms with E-state index in [9.17, 15) is 14.7 Å². The van der Waals surface area contributed by atoms with Crippen LogP contribution in [0.25, 0.3) is 0 Å². The highest BCUT2D eigenvalue weighted by Gasteiger charge is 2.56. The minimum atomic E-state index is -0.756. The van der Waals surface area contributed by atoms with Gasteiger partial charge in [-0.15, -0.1) is 0 Å². The zero-order valence-electron chi connectivity index (χ0n) is 20.5. The third-order valence-corrected chi connectivity index (χ3v) is 8.45. The maximum absolute atomic E-state index is 13.5. The van der Waals surface area contributed by atoms with E-state index in [4.69, 9.17) is 0 Å². The number of β-amino-alcohol motifs (C(OH)–C–C–N with tert-alkyl or cyclic N) is 1.